The smallest absolute Gasteiger partial charge is 0.239 e. The van der Waals surface area contributed by atoms with E-state index in [-0.39, 0.29) is 30.4 Å². The van der Waals surface area contributed by atoms with E-state index in [4.69, 9.17) is 4.74 Å². The summed E-state index contributed by atoms with van der Waals surface area (Å²) in [5.74, 6) is 0.578. The van der Waals surface area contributed by atoms with Gasteiger partial charge in [-0.2, -0.15) is 0 Å². The normalized spacial score (nSPS) is 19.9. The van der Waals surface area contributed by atoms with Gasteiger partial charge in [0.25, 0.3) is 0 Å². The van der Waals surface area contributed by atoms with Crippen molar-refractivity contribution in [1.29, 1.82) is 0 Å². The molecule has 0 spiro atoms. The molecule has 0 saturated carbocycles. The van der Waals surface area contributed by atoms with Crippen LogP contribution in [0.2, 0.25) is 0 Å². The van der Waals surface area contributed by atoms with Crippen molar-refractivity contribution in [3.8, 4) is 5.75 Å². The molecule has 0 aromatic heterocycles. The molecule has 108 valence electrons. The molecule has 1 aromatic rings. The van der Waals surface area contributed by atoms with Gasteiger partial charge in [-0.3, -0.25) is 14.9 Å². The summed E-state index contributed by atoms with van der Waals surface area (Å²) in [7, 11) is 1.61. The van der Waals surface area contributed by atoms with E-state index in [0.717, 1.165) is 11.3 Å². The van der Waals surface area contributed by atoms with Gasteiger partial charge in [0.15, 0.2) is 0 Å². The van der Waals surface area contributed by atoms with E-state index in [1.54, 1.807) is 7.11 Å². The van der Waals surface area contributed by atoms with Crippen molar-refractivity contribution in [2.75, 3.05) is 20.2 Å². The first-order valence-electron chi connectivity index (χ1n) is 6.54. The molecule has 2 unspecified atom stereocenters. The lowest BCUT2D eigenvalue weighted by Gasteiger charge is -2.25. The van der Waals surface area contributed by atoms with Crippen molar-refractivity contribution < 1.29 is 14.3 Å². The lowest BCUT2D eigenvalue weighted by atomic mass is 10.1. The van der Waals surface area contributed by atoms with Crippen LogP contribution in [0, 0.1) is 0 Å². The third-order valence-corrected chi connectivity index (χ3v) is 3.30. The van der Waals surface area contributed by atoms with Gasteiger partial charge in [-0.05, 0) is 24.6 Å². The Labute approximate surface area is 117 Å². The van der Waals surface area contributed by atoms with Gasteiger partial charge in [0.05, 0.1) is 19.7 Å². The monoisotopic (exact) mass is 277 g/mol. The Bertz CT molecular complexity index is 477. The van der Waals surface area contributed by atoms with Gasteiger partial charge in [-0.1, -0.05) is 12.1 Å². The molecule has 1 aliphatic rings. The van der Waals surface area contributed by atoms with Gasteiger partial charge in [0.1, 0.15) is 11.8 Å². The highest BCUT2D eigenvalue weighted by molar-refractivity contribution is 5.86. The summed E-state index contributed by atoms with van der Waals surface area (Å²) in [6.45, 7) is 2.41. The first-order chi connectivity index (χ1) is 9.60. The average molecular weight is 277 g/mol. The zero-order valence-corrected chi connectivity index (χ0v) is 11.6. The maximum Gasteiger partial charge on any atom is 0.239 e. The quantitative estimate of drug-likeness (QED) is 0.721. The molecule has 1 fully saturated rings. The van der Waals surface area contributed by atoms with Crippen LogP contribution in [0.4, 0.5) is 0 Å². The molecule has 1 heterocycles. The molecule has 1 aliphatic heterocycles. The highest BCUT2D eigenvalue weighted by atomic mass is 16.5. The van der Waals surface area contributed by atoms with E-state index in [9.17, 15) is 9.59 Å². The standard InChI is InChI=1S/C14H19N3O3/c1-9(10-3-5-11(20-2)6-4-10)17-14(19)12-7-16-13(18)8-15-12/h3-6,9,12,15H,7-8H2,1-2H3,(H,16,18)(H,17,19). The third-order valence-electron chi connectivity index (χ3n) is 3.30. The molecule has 0 aliphatic carbocycles. The predicted octanol–water partition coefficient (Wildman–Crippen LogP) is -0.0396. The lowest BCUT2D eigenvalue weighted by molar-refractivity contribution is -0.127. The van der Waals surface area contributed by atoms with Crippen LogP contribution >= 0.6 is 0 Å². The molecule has 2 atom stereocenters. The second-order valence-corrected chi connectivity index (χ2v) is 4.74. The molecule has 20 heavy (non-hydrogen) atoms. The number of ether oxygens (including phenoxy) is 1. The van der Waals surface area contributed by atoms with E-state index in [1.807, 2.05) is 31.2 Å². The van der Waals surface area contributed by atoms with E-state index in [0.29, 0.717) is 6.54 Å². The lowest BCUT2D eigenvalue weighted by Crippen LogP contribution is -2.58. The van der Waals surface area contributed by atoms with Gasteiger partial charge in [0.2, 0.25) is 11.8 Å². The molecule has 2 amide bonds. The van der Waals surface area contributed by atoms with Gasteiger partial charge >= 0.3 is 0 Å². The van der Waals surface area contributed by atoms with Crippen molar-refractivity contribution >= 4 is 11.8 Å². The number of methoxy groups -OCH3 is 1. The average Bonchev–Trinajstić information content (AvgIpc) is 2.48. The summed E-state index contributed by atoms with van der Waals surface area (Å²) in [6, 6.07) is 7.06. The highest BCUT2D eigenvalue weighted by Crippen LogP contribution is 2.17. The zero-order chi connectivity index (χ0) is 14.5. The Morgan fingerprint density at radius 1 is 1.40 bits per heavy atom. The molecule has 0 bridgehead atoms. The summed E-state index contributed by atoms with van der Waals surface area (Å²) in [5.41, 5.74) is 0.999. The summed E-state index contributed by atoms with van der Waals surface area (Å²) >= 11 is 0. The molecule has 6 nitrogen and oxygen atoms in total. The number of hydrogen-bond acceptors (Lipinski definition) is 4. The molecule has 6 heteroatoms. The number of rotatable bonds is 4. The Morgan fingerprint density at radius 2 is 2.10 bits per heavy atom. The number of amides is 2. The minimum atomic E-state index is -0.381. The Morgan fingerprint density at radius 3 is 2.65 bits per heavy atom. The van der Waals surface area contributed by atoms with Crippen LogP contribution in [-0.2, 0) is 9.59 Å². The van der Waals surface area contributed by atoms with Crippen molar-refractivity contribution in [2.24, 2.45) is 0 Å². The highest BCUT2D eigenvalue weighted by Gasteiger charge is 2.24. The topological polar surface area (TPSA) is 79.5 Å². The van der Waals surface area contributed by atoms with Crippen molar-refractivity contribution in [1.82, 2.24) is 16.0 Å². The molecule has 1 saturated heterocycles. The number of nitrogens with one attached hydrogen (secondary N) is 3. The summed E-state index contributed by atoms with van der Waals surface area (Å²) in [4.78, 5) is 23.1. The molecular formula is C14H19N3O3. The van der Waals surface area contributed by atoms with Crippen LogP contribution in [0.25, 0.3) is 0 Å². The van der Waals surface area contributed by atoms with Crippen LogP contribution in [-0.4, -0.2) is 38.1 Å². The van der Waals surface area contributed by atoms with Gasteiger partial charge in [-0.15, -0.1) is 0 Å². The molecule has 1 aromatic carbocycles. The third kappa shape index (κ3) is 3.48. The molecule has 0 radical (unpaired) electrons. The van der Waals surface area contributed by atoms with Crippen molar-refractivity contribution in [3.05, 3.63) is 29.8 Å². The zero-order valence-electron chi connectivity index (χ0n) is 11.6. The molecule has 2 rings (SSSR count). The van der Waals surface area contributed by atoms with Crippen LogP contribution in [0.5, 0.6) is 5.75 Å². The number of carbonyl (C=O) groups is 2. The molecule has 3 N–H and O–H groups in total. The Hall–Kier alpha value is -2.08. The second kappa shape index (κ2) is 6.38. The largest absolute Gasteiger partial charge is 0.497 e. The summed E-state index contributed by atoms with van der Waals surface area (Å²) in [5, 5.41) is 8.49. The van der Waals surface area contributed by atoms with Crippen LogP contribution in [0.15, 0.2) is 24.3 Å². The summed E-state index contributed by atoms with van der Waals surface area (Å²) < 4.78 is 5.10. The number of hydrogen-bond donors (Lipinski definition) is 3. The van der Waals surface area contributed by atoms with Crippen molar-refractivity contribution in [2.45, 2.75) is 19.0 Å². The fourth-order valence-corrected chi connectivity index (χ4v) is 2.04. The fraction of sp³-hybridized carbons (Fsp3) is 0.429. The maximum atomic E-state index is 12.1. The SMILES string of the molecule is COc1ccc(C(C)NC(=O)C2CNC(=O)CN2)cc1. The van der Waals surface area contributed by atoms with Crippen LogP contribution in [0.1, 0.15) is 18.5 Å². The number of piperazine rings is 1. The van der Waals surface area contributed by atoms with E-state index >= 15 is 0 Å². The van der Waals surface area contributed by atoms with E-state index in [1.165, 1.54) is 0 Å². The fourth-order valence-electron chi connectivity index (χ4n) is 2.04. The minimum absolute atomic E-state index is 0.0859. The summed E-state index contributed by atoms with van der Waals surface area (Å²) in [6.07, 6.45) is 0. The van der Waals surface area contributed by atoms with Crippen LogP contribution in [0.3, 0.4) is 0 Å². The Balaban J connectivity index is 1.91. The maximum absolute atomic E-state index is 12.1. The van der Waals surface area contributed by atoms with Gasteiger partial charge in [0, 0.05) is 6.54 Å². The first kappa shape index (κ1) is 14.3. The second-order valence-electron chi connectivity index (χ2n) is 4.74. The minimum Gasteiger partial charge on any atom is -0.497 e. The number of benzene rings is 1. The van der Waals surface area contributed by atoms with E-state index in [2.05, 4.69) is 16.0 Å². The predicted molar refractivity (Wildman–Crippen MR) is 74.4 cm³/mol. The van der Waals surface area contributed by atoms with E-state index < -0.39 is 0 Å². The van der Waals surface area contributed by atoms with Crippen molar-refractivity contribution in [3.63, 3.8) is 0 Å². The first-order valence-corrected chi connectivity index (χ1v) is 6.54. The Kier molecular flexibility index (Phi) is 4.57. The molecular weight excluding hydrogens is 258 g/mol. The number of carbonyl (C=O) groups excluding carboxylic acids is 2. The van der Waals surface area contributed by atoms with Gasteiger partial charge < -0.3 is 15.4 Å². The van der Waals surface area contributed by atoms with Crippen LogP contribution < -0.4 is 20.7 Å². The van der Waals surface area contributed by atoms with Gasteiger partial charge in [-0.25, -0.2) is 0 Å².